The lowest BCUT2D eigenvalue weighted by atomic mass is 10.2. The largest absolute Gasteiger partial charge is 0.497 e. The van der Waals surface area contributed by atoms with Crippen molar-refractivity contribution >= 4 is 28.9 Å². The number of thioether (sulfide) groups is 1. The molecule has 128 valence electrons. The third-order valence-electron chi connectivity index (χ3n) is 4.08. The average Bonchev–Trinajstić information content (AvgIpc) is 2.97. The first-order chi connectivity index (χ1) is 11.7. The number of methoxy groups -OCH3 is 1. The molecule has 1 fully saturated rings. The maximum Gasteiger partial charge on any atom is 0.286 e. The lowest BCUT2D eigenvalue weighted by Gasteiger charge is -2.34. The van der Waals surface area contributed by atoms with E-state index >= 15 is 0 Å². The summed E-state index contributed by atoms with van der Waals surface area (Å²) < 4.78 is 5.14. The van der Waals surface area contributed by atoms with Crippen molar-refractivity contribution in [3.8, 4) is 5.75 Å². The fourth-order valence-corrected chi connectivity index (χ4v) is 3.65. The zero-order valence-corrected chi connectivity index (χ0v) is 14.5. The molecule has 0 aliphatic carbocycles. The van der Waals surface area contributed by atoms with Crippen LogP contribution in [0.3, 0.4) is 0 Å². The molecule has 0 atom stereocenters. The first-order valence-electron chi connectivity index (χ1n) is 7.94. The van der Waals surface area contributed by atoms with Crippen LogP contribution in [0.4, 0.5) is 0 Å². The zero-order valence-electron chi connectivity index (χ0n) is 13.6. The van der Waals surface area contributed by atoms with Crippen LogP contribution in [0.1, 0.15) is 5.56 Å². The number of piperazine rings is 1. The Morgan fingerprint density at radius 2 is 1.96 bits per heavy atom. The zero-order chi connectivity index (χ0) is 16.9. The van der Waals surface area contributed by atoms with Gasteiger partial charge < -0.3 is 14.7 Å². The number of amides is 1. The van der Waals surface area contributed by atoms with E-state index in [0.717, 1.165) is 42.7 Å². The predicted molar refractivity (Wildman–Crippen MR) is 96.1 cm³/mol. The molecule has 24 heavy (non-hydrogen) atoms. The molecule has 1 saturated heterocycles. The van der Waals surface area contributed by atoms with E-state index in [1.165, 1.54) is 11.8 Å². The molecular weight excluding hydrogens is 326 g/mol. The molecular formula is C17H21N3O3S. The van der Waals surface area contributed by atoms with Crippen molar-refractivity contribution in [3.05, 3.63) is 34.7 Å². The number of nitrogens with zero attached hydrogens (tertiary/aromatic N) is 3. The topological polar surface area (TPSA) is 65.4 Å². The smallest absolute Gasteiger partial charge is 0.286 e. The van der Waals surface area contributed by atoms with Crippen LogP contribution in [0.25, 0.3) is 6.08 Å². The summed E-state index contributed by atoms with van der Waals surface area (Å²) in [6.45, 7) is 4.31. The highest BCUT2D eigenvalue weighted by Gasteiger charge is 2.28. The number of hydrogen-bond acceptors (Lipinski definition) is 6. The predicted octanol–water partition coefficient (Wildman–Crippen LogP) is 1.28. The highest BCUT2D eigenvalue weighted by atomic mass is 32.2. The number of carbonyl (C=O) groups excluding carboxylic acids is 1. The number of rotatable bonds is 4. The maximum absolute atomic E-state index is 12.2. The van der Waals surface area contributed by atoms with Crippen LogP contribution in [0, 0.1) is 0 Å². The van der Waals surface area contributed by atoms with Gasteiger partial charge in [0.1, 0.15) is 5.75 Å². The highest BCUT2D eigenvalue weighted by molar-refractivity contribution is 8.18. The Kier molecular flexibility index (Phi) is 5.55. The van der Waals surface area contributed by atoms with E-state index in [4.69, 9.17) is 9.84 Å². The number of β-amino-alcohol motifs (C(OH)–C–C–N with tert-alkyl or cyclic N) is 1. The molecule has 1 N–H and O–H groups in total. The molecule has 2 aliphatic heterocycles. The minimum Gasteiger partial charge on any atom is -0.497 e. The van der Waals surface area contributed by atoms with Gasteiger partial charge in [-0.05, 0) is 35.5 Å². The standard InChI is InChI=1S/C17H21N3O3S/c1-23-14-4-2-13(3-5-14)12-15-16(22)18-17(24-15)20-8-6-19(7-9-20)10-11-21/h2-5,12,21H,6-11H2,1H3/b15-12-. The maximum atomic E-state index is 12.2. The minimum atomic E-state index is -0.177. The van der Waals surface area contributed by atoms with Crippen LogP contribution in [-0.4, -0.2) is 72.4 Å². The van der Waals surface area contributed by atoms with E-state index in [2.05, 4.69) is 14.8 Å². The van der Waals surface area contributed by atoms with Crippen molar-refractivity contribution in [3.63, 3.8) is 0 Å². The molecule has 1 amide bonds. The van der Waals surface area contributed by atoms with Gasteiger partial charge in [-0.3, -0.25) is 9.69 Å². The molecule has 0 spiro atoms. The number of amidine groups is 1. The number of aliphatic imine (C=N–C) groups is 1. The van der Waals surface area contributed by atoms with Gasteiger partial charge in [0.15, 0.2) is 5.17 Å². The van der Waals surface area contributed by atoms with Gasteiger partial charge in [-0.25, -0.2) is 0 Å². The third kappa shape index (κ3) is 3.98. The number of ether oxygens (including phenoxy) is 1. The Bertz CT molecular complexity index is 650. The SMILES string of the molecule is COc1ccc(/C=C2\SC(N3CCN(CCO)CC3)=NC2=O)cc1. The van der Waals surface area contributed by atoms with Crippen molar-refractivity contribution in [2.24, 2.45) is 4.99 Å². The monoisotopic (exact) mass is 347 g/mol. The van der Waals surface area contributed by atoms with Crippen LogP contribution >= 0.6 is 11.8 Å². The van der Waals surface area contributed by atoms with Crippen LogP contribution in [0.15, 0.2) is 34.2 Å². The summed E-state index contributed by atoms with van der Waals surface area (Å²) >= 11 is 1.43. The summed E-state index contributed by atoms with van der Waals surface area (Å²) in [5.74, 6) is 0.615. The number of carbonyl (C=O) groups is 1. The van der Waals surface area contributed by atoms with Crippen LogP contribution in [0.2, 0.25) is 0 Å². The normalized spacial score (nSPS) is 20.6. The summed E-state index contributed by atoms with van der Waals surface area (Å²) in [5, 5.41) is 9.78. The second-order valence-electron chi connectivity index (χ2n) is 5.64. The lowest BCUT2D eigenvalue weighted by Crippen LogP contribution is -2.48. The molecule has 7 heteroatoms. The Morgan fingerprint density at radius 3 is 2.58 bits per heavy atom. The quantitative estimate of drug-likeness (QED) is 0.828. The van der Waals surface area contributed by atoms with Crippen LogP contribution in [-0.2, 0) is 4.79 Å². The molecule has 0 aromatic heterocycles. The van der Waals surface area contributed by atoms with Crippen molar-refractivity contribution in [2.45, 2.75) is 0 Å². The summed E-state index contributed by atoms with van der Waals surface area (Å²) in [6.07, 6.45) is 1.87. The molecule has 0 saturated carbocycles. The van der Waals surface area contributed by atoms with E-state index < -0.39 is 0 Å². The Morgan fingerprint density at radius 1 is 1.25 bits per heavy atom. The van der Waals surface area contributed by atoms with E-state index in [1.807, 2.05) is 30.3 Å². The highest BCUT2D eigenvalue weighted by Crippen LogP contribution is 2.30. The van der Waals surface area contributed by atoms with Gasteiger partial charge in [0.2, 0.25) is 0 Å². The molecule has 1 aromatic carbocycles. The van der Waals surface area contributed by atoms with E-state index in [-0.39, 0.29) is 12.5 Å². The first kappa shape index (κ1) is 17.0. The van der Waals surface area contributed by atoms with Gasteiger partial charge in [-0.1, -0.05) is 12.1 Å². The van der Waals surface area contributed by atoms with Crippen molar-refractivity contribution < 1.29 is 14.6 Å². The Hall–Kier alpha value is -1.83. The van der Waals surface area contributed by atoms with Crippen LogP contribution in [0.5, 0.6) is 5.75 Å². The Balaban J connectivity index is 1.62. The molecule has 6 nitrogen and oxygen atoms in total. The fraction of sp³-hybridized carbons (Fsp3) is 0.412. The summed E-state index contributed by atoms with van der Waals surface area (Å²) in [4.78, 5) is 21.4. The number of hydrogen-bond donors (Lipinski definition) is 1. The molecule has 0 bridgehead atoms. The van der Waals surface area contributed by atoms with Gasteiger partial charge in [-0.2, -0.15) is 4.99 Å². The molecule has 2 heterocycles. The number of benzene rings is 1. The van der Waals surface area contributed by atoms with Gasteiger partial charge in [-0.15, -0.1) is 0 Å². The average molecular weight is 347 g/mol. The van der Waals surface area contributed by atoms with Gasteiger partial charge >= 0.3 is 0 Å². The lowest BCUT2D eigenvalue weighted by molar-refractivity contribution is -0.113. The molecule has 2 aliphatic rings. The van der Waals surface area contributed by atoms with Gasteiger partial charge in [0.05, 0.1) is 18.6 Å². The minimum absolute atomic E-state index is 0.177. The second-order valence-corrected chi connectivity index (χ2v) is 6.64. The second kappa shape index (κ2) is 7.83. The summed E-state index contributed by atoms with van der Waals surface area (Å²) in [7, 11) is 1.63. The molecule has 0 radical (unpaired) electrons. The molecule has 3 rings (SSSR count). The first-order valence-corrected chi connectivity index (χ1v) is 8.76. The number of aliphatic hydroxyl groups excluding tert-OH is 1. The van der Waals surface area contributed by atoms with Crippen molar-refractivity contribution in [1.82, 2.24) is 9.80 Å². The van der Waals surface area contributed by atoms with Gasteiger partial charge in [0.25, 0.3) is 5.91 Å². The summed E-state index contributed by atoms with van der Waals surface area (Å²) in [6, 6.07) is 7.59. The van der Waals surface area contributed by atoms with E-state index in [9.17, 15) is 4.79 Å². The van der Waals surface area contributed by atoms with Crippen molar-refractivity contribution in [2.75, 3.05) is 46.4 Å². The summed E-state index contributed by atoms with van der Waals surface area (Å²) in [5.41, 5.74) is 0.955. The molecule has 0 unspecified atom stereocenters. The van der Waals surface area contributed by atoms with E-state index in [0.29, 0.717) is 11.4 Å². The number of aliphatic hydroxyl groups is 1. The van der Waals surface area contributed by atoms with Crippen LogP contribution < -0.4 is 4.74 Å². The Labute approximate surface area is 145 Å². The fourth-order valence-electron chi connectivity index (χ4n) is 2.69. The third-order valence-corrected chi connectivity index (χ3v) is 5.13. The molecule has 1 aromatic rings. The van der Waals surface area contributed by atoms with Crippen molar-refractivity contribution in [1.29, 1.82) is 0 Å². The van der Waals surface area contributed by atoms with Gasteiger partial charge in [0, 0.05) is 32.7 Å². The van der Waals surface area contributed by atoms with E-state index in [1.54, 1.807) is 7.11 Å².